The summed E-state index contributed by atoms with van der Waals surface area (Å²) >= 11 is 0. The second-order valence-electron chi connectivity index (χ2n) is 1.17. The fourth-order valence-corrected chi connectivity index (χ4v) is 0. The lowest BCUT2D eigenvalue weighted by molar-refractivity contribution is 0.621. The first-order valence-corrected chi connectivity index (χ1v) is 5.39. The SMILES string of the molecule is CCCN.O=S(=O)(Cl)Cl. The fraction of sp³-hybridized carbons (Fsp3) is 1.00. The lowest BCUT2D eigenvalue weighted by atomic mass is 10.5. The summed E-state index contributed by atoms with van der Waals surface area (Å²) in [6.45, 7) is 2.88. The summed E-state index contributed by atoms with van der Waals surface area (Å²) in [5.41, 5.74) is 5.03. The Kier molecular flexibility index (Phi) is 8.95. The second kappa shape index (κ2) is 6.61. The molecule has 0 spiro atoms. The van der Waals surface area contributed by atoms with Gasteiger partial charge in [-0.3, -0.25) is 0 Å². The number of hydrogen-bond acceptors (Lipinski definition) is 3. The van der Waals surface area contributed by atoms with E-state index in [4.69, 9.17) is 14.2 Å². The predicted octanol–water partition coefficient (Wildman–Crippen LogP) is 1.06. The molecule has 0 aliphatic carbocycles. The van der Waals surface area contributed by atoms with Gasteiger partial charge in [0.1, 0.15) is 0 Å². The molecule has 2 N–H and O–H groups in total. The molecule has 0 saturated heterocycles. The van der Waals surface area contributed by atoms with Crippen molar-refractivity contribution in [2.75, 3.05) is 6.54 Å². The van der Waals surface area contributed by atoms with Crippen molar-refractivity contribution >= 4 is 29.6 Å². The molecule has 0 unspecified atom stereocenters. The Morgan fingerprint density at radius 3 is 1.56 bits per heavy atom. The van der Waals surface area contributed by atoms with Gasteiger partial charge in [-0.2, -0.15) is 8.42 Å². The Bertz CT molecular complexity index is 123. The van der Waals surface area contributed by atoms with E-state index in [1.165, 1.54) is 0 Å². The number of hydrogen-bond donors (Lipinski definition) is 1. The smallest absolute Gasteiger partial charge is 0.317 e. The highest BCUT2D eigenvalue weighted by Gasteiger charge is 1.88. The second-order valence-corrected chi connectivity index (χ2v) is 4.84. The van der Waals surface area contributed by atoms with Crippen LogP contribution in [0.4, 0.5) is 0 Å². The Balaban J connectivity index is 0. The van der Waals surface area contributed by atoms with E-state index < -0.39 is 8.26 Å². The van der Waals surface area contributed by atoms with Crippen LogP contribution in [0.3, 0.4) is 0 Å². The topological polar surface area (TPSA) is 60.2 Å². The summed E-state index contributed by atoms with van der Waals surface area (Å²) in [5, 5.41) is 0. The normalized spacial score (nSPS) is 9.78. The van der Waals surface area contributed by atoms with Crippen molar-refractivity contribution in [3.05, 3.63) is 0 Å². The molecule has 0 aromatic carbocycles. The third-order valence-corrected chi connectivity index (χ3v) is 0.289. The summed E-state index contributed by atoms with van der Waals surface area (Å²) in [7, 11) is 4.81. The van der Waals surface area contributed by atoms with Gasteiger partial charge in [0.15, 0.2) is 0 Å². The molecule has 0 bridgehead atoms. The molecule has 0 saturated carbocycles. The van der Waals surface area contributed by atoms with Crippen molar-refractivity contribution in [1.29, 1.82) is 0 Å². The van der Waals surface area contributed by atoms with Crippen molar-refractivity contribution in [2.24, 2.45) is 5.73 Å². The standard InChI is InChI=1S/C3H9N.Cl2O2S/c1-2-3-4;1-5(2,3)4/h2-4H2,1H3;. The molecule has 0 heterocycles. The van der Waals surface area contributed by atoms with E-state index in [0.29, 0.717) is 0 Å². The van der Waals surface area contributed by atoms with Gasteiger partial charge < -0.3 is 5.73 Å². The Morgan fingerprint density at radius 1 is 1.44 bits per heavy atom. The van der Waals surface area contributed by atoms with Crippen molar-refractivity contribution < 1.29 is 8.42 Å². The third kappa shape index (κ3) is 161. The van der Waals surface area contributed by atoms with E-state index in [1.807, 2.05) is 0 Å². The van der Waals surface area contributed by atoms with Crippen LogP contribution in [0.25, 0.3) is 0 Å². The Labute approximate surface area is 64.1 Å². The molecule has 0 aliphatic rings. The minimum Gasteiger partial charge on any atom is -0.330 e. The van der Waals surface area contributed by atoms with Crippen molar-refractivity contribution in [3.63, 3.8) is 0 Å². The van der Waals surface area contributed by atoms with Crippen molar-refractivity contribution in [3.8, 4) is 0 Å². The highest BCUT2D eigenvalue weighted by atomic mass is 36.0. The molecule has 0 radical (unpaired) electrons. The van der Waals surface area contributed by atoms with Crippen molar-refractivity contribution in [1.82, 2.24) is 0 Å². The first-order chi connectivity index (χ1) is 3.91. The zero-order chi connectivity index (χ0) is 7.91. The first-order valence-electron chi connectivity index (χ1n) is 2.26. The van der Waals surface area contributed by atoms with Crippen LogP contribution in [0, 0.1) is 0 Å². The van der Waals surface area contributed by atoms with Crippen molar-refractivity contribution in [2.45, 2.75) is 13.3 Å². The third-order valence-electron chi connectivity index (χ3n) is 0.289. The van der Waals surface area contributed by atoms with Gasteiger partial charge >= 0.3 is 8.26 Å². The largest absolute Gasteiger partial charge is 0.330 e. The summed E-state index contributed by atoms with van der Waals surface area (Å²) in [6, 6.07) is 0. The molecular formula is C3H9Cl2NO2S. The summed E-state index contributed by atoms with van der Waals surface area (Å²) < 4.78 is 18.3. The molecule has 0 amide bonds. The first kappa shape index (κ1) is 12.2. The molecule has 0 aromatic heterocycles. The van der Waals surface area contributed by atoms with E-state index in [1.54, 1.807) is 0 Å². The van der Waals surface area contributed by atoms with Crippen LogP contribution in [-0.2, 0) is 8.26 Å². The minimum atomic E-state index is -3.72. The minimum absolute atomic E-state index is 0.819. The van der Waals surface area contributed by atoms with Gasteiger partial charge in [-0.15, -0.1) is 0 Å². The van der Waals surface area contributed by atoms with Gasteiger partial charge in [-0.1, -0.05) is 6.92 Å². The van der Waals surface area contributed by atoms with Crippen LogP contribution < -0.4 is 5.73 Å². The van der Waals surface area contributed by atoms with Gasteiger partial charge in [-0.25, -0.2) is 0 Å². The predicted molar refractivity (Wildman–Crippen MR) is 40.0 cm³/mol. The van der Waals surface area contributed by atoms with Crippen LogP contribution in [0.2, 0.25) is 0 Å². The fourth-order valence-electron chi connectivity index (χ4n) is 0. The molecule has 9 heavy (non-hydrogen) atoms. The molecule has 3 nitrogen and oxygen atoms in total. The van der Waals surface area contributed by atoms with Gasteiger partial charge in [0, 0.05) is 21.4 Å². The quantitative estimate of drug-likeness (QED) is 0.635. The average Bonchev–Trinajstić information content (AvgIpc) is 1.61. The zero-order valence-corrected chi connectivity index (χ0v) is 7.30. The molecule has 0 atom stereocenters. The van der Waals surface area contributed by atoms with Crippen LogP contribution in [0.1, 0.15) is 13.3 Å². The molecule has 0 aromatic rings. The van der Waals surface area contributed by atoms with Gasteiger partial charge in [-0.05, 0) is 13.0 Å². The average molecular weight is 194 g/mol. The van der Waals surface area contributed by atoms with E-state index in [-0.39, 0.29) is 0 Å². The van der Waals surface area contributed by atoms with Crippen LogP contribution >= 0.6 is 21.4 Å². The summed E-state index contributed by atoms with van der Waals surface area (Å²) in [4.78, 5) is 0. The molecule has 0 rings (SSSR count). The summed E-state index contributed by atoms with van der Waals surface area (Å²) in [5.74, 6) is 0. The molecule has 0 aliphatic heterocycles. The summed E-state index contributed by atoms with van der Waals surface area (Å²) in [6.07, 6.45) is 1.10. The Morgan fingerprint density at radius 2 is 1.56 bits per heavy atom. The van der Waals surface area contributed by atoms with Gasteiger partial charge in [0.05, 0.1) is 0 Å². The number of nitrogens with two attached hydrogens (primary N) is 1. The molecule has 6 heteroatoms. The maximum absolute atomic E-state index is 9.16. The van der Waals surface area contributed by atoms with E-state index in [2.05, 4.69) is 28.3 Å². The van der Waals surface area contributed by atoms with Gasteiger partial charge in [0.2, 0.25) is 0 Å². The molecule has 0 fully saturated rings. The van der Waals surface area contributed by atoms with Crippen LogP contribution in [0.5, 0.6) is 0 Å². The van der Waals surface area contributed by atoms with E-state index in [0.717, 1.165) is 13.0 Å². The lowest BCUT2D eigenvalue weighted by Crippen LogP contribution is -1.93. The Hall–Kier alpha value is 0.490. The van der Waals surface area contributed by atoms with Crippen LogP contribution in [-0.4, -0.2) is 15.0 Å². The lowest BCUT2D eigenvalue weighted by Gasteiger charge is -1.70. The molecule has 58 valence electrons. The van der Waals surface area contributed by atoms with Gasteiger partial charge in [0.25, 0.3) is 0 Å². The maximum Gasteiger partial charge on any atom is 0.317 e. The highest BCUT2D eigenvalue weighted by Crippen LogP contribution is 1.98. The molecular weight excluding hydrogens is 185 g/mol. The number of halogens is 2. The van der Waals surface area contributed by atoms with Crippen LogP contribution in [0.15, 0.2) is 0 Å². The van der Waals surface area contributed by atoms with E-state index in [9.17, 15) is 0 Å². The monoisotopic (exact) mass is 193 g/mol. The highest BCUT2D eigenvalue weighted by molar-refractivity contribution is 8.31. The maximum atomic E-state index is 9.16. The zero-order valence-electron chi connectivity index (χ0n) is 4.97. The number of rotatable bonds is 1. The van der Waals surface area contributed by atoms with E-state index >= 15 is 0 Å².